The van der Waals surface area contributed by atoms with E-state index in [1.165, 1.54) is 33.7 Å². The molecule has 7 atom stereocenters. The molecule has 1 aliphatic rings. The van der Waals surface area contributed by atoms with E-state index in [0.29, 0.717) is 93.2 Å². The zero-order valence-electron chi connectivity index (χ0n) is 82.4. The molecule has 0 aromatic carbocycles. The molecule has 0 aliphatic carbocycles. The zero-order chi connectivity index (χ0) is 102. The average Bonchev–Trinajstić information content (AvgIpc) is 1.07. The Hall–Kier alpha value is -4.48. The largest absolute Gasteiger partial charge is 1.00 e. The summed E-state index contributed by atoms with van der Waals surface area (Å²) in [6.07, 6.45) is 7.46. The van der Waals surface area contributed by atoms with Crippen molar-refractivity contribution in [3.8, 4) is 0 Å². The van der Waals surface area contributed by atoms with Crippen LogP contribution in [0.15, 0.2) is 121 Å². The van der Waals surface area contributed by atoms with Crippen LogP contribution in [0.1, 0.15) is 150 Å². The molecular formula is C86H161NaO36S4Si6. The van der Waals surface area contributed by atoms with Gasteiger partial charge in [0.25, 0.3) is 10.1 Å². The van der Waals surface area contributed by atoms with Crippen molar-refractivity contribution < 1.29 is 197 Å². The number of hydrogen-bond acceptors (Lipinski definition) is 36. The number of thioether (sulfide) groups is 1. The Morgan fingerprint density at radius 1 is 0.481 bits per heavy atom. The van der Waals surface area contributed by atoms with Crippen molar-refractivity contribution in [2.75, 3.05) is 121 Å². The van der Waals surface area contributed by atoms with Gasteiger partial charge >= 0.3 is 91.1 Å². The smallest absolute Gasteiger partial charge is 0.748 e. The van der Waals surface area contributed by atoms with Crippen LogP contribution in [0.2, 0.25) is 93.2 Å². The van der Waals surface area contributed by atoms with Gasteiger partial charge in [-0.1, -0.05) is 74.9 Å². The van der Waals surface area contributed by atoms with Gasteiger partial charge < -0.3 is 118 Å². The Kier molecular flexibility index (Phi) is 78.9. The molecule has 36 nitrogen and oxygen atoms in total. The van der Waals surface area contributed by atoms with Gasteiger partial charge in [-0.2, -0.15) is 32.8 Å². The first-order chi connectivity index (χ1) is 60.7. The number of aliphatic carboxylic acids is 1. The number of carboxylic acids is 1. The average molecular weight is 2090 g/mol. The van der Waals surface area contributed by atoms with E-state index in [2.05, 4.69) is 120 Å². The Morgan fingerprint density at radius 3 is 1.08 bits per heavy atom. The standard InChI is InChI=1S/C52H92O23S2Si4.C17H32O5Si.C10H22O3Si.C4H6O2.C2H6O3S2.CH4.Na/c1-39(2)49(57)68-45(30-53)34-65-21-17-27-79(13,72-42(7)8)74-81(15,29-19-23-67-36-47(32-55)70-51(59)41(5)6)75-80(14,28-18-22-66-35-46(31-54)69-50(58)40(3)4)73-78(12,43(9)10)26-16-20-64-37-48(33-56)71-52(60)44(11)38-76-24-25-77(61,62)63;1-13(2)17(19)21-16(11-18)12-20-9-8-10-23(7,15(5)6)22-14(3)4;1-4-13-14(2,3)7-5-6-11-8-10-9-12-10;1-3(2)4(5)6;3-7(4,5)2-1-6;;/h30-33,42-44,53-56H,1,3,5,16-29,34-38H2,2,4,6-15H3,(H,61,62,63);11,14-15,18H,1,8-10,12H2,2-7H3;10H,4-9H2,1-3H3;1H2,2H3,(H,5,6);6H,1-2H2,(H,3,4,5);1H4;/q;;;;;;+1/p-1/b45-30+,46-31+,47-32+,48-33+;16-11-;;;;;. The van der Waals surface area contributed by atoms with E-state index >= 15 is 0 Å². The van der Waals surface area contributed by atoms with E-state index in [9.17, 15) is 70.6 Å². The maximum absolute atomic E-state index is 12.7. The van der Waals surface area contributed by atoms with Gasteiger partial charge in [-0.05, 0) is 201 Å². The van der Waals surface area contributed by atoms with E-state index < -0.39 is 118 Å². The summed E-state index contributed by atoms with van der Waals surface area (Å²) < 4.78 is 166. The summed E-state index contributed by atoms with van der Waals surface area (Å²) in [6.45, 7) is 63.4. The second kappa shape index (κ2) is 75.4. The van der Waals surface area contributed by atoms with Crippen LogP contribution in [0.3, 0.4) is 0 Å². The molecule has 1 rings (SSSR count). The van der Waals surface area contributed by atoms with Crippen LogP contribution in [0, 0.1) is 5.92 Å². The third kappa shape index (κ3) is 76.1. The molecule has 7 unspecified atom stereocenters. The summed E-state index contributed by atoms with van der Waals surface area (Å²) in [6, 6.07) is 3.97. The summed E-state index contributed by atoms with van der Waals surface area (Å²) >= 11 is 4.69. The summed E-state index contributed by atoms with van der Waals surface area (Å²) in [5.41, 5.74) is 1.44. The molecule has 1 saturated heterocycles. The van der Waals surface area contributed by atoms with E-state index in [0.717, 1.165) is 63.3 Å². The van der Waals surface area contributed by atoms with Crippen LogP contribution in [0.25, 0.3) is 0 Å². The summed E-state index contributed by atoms with van der Waals surface area (Å²) in [4.78, 5) is 70.1. The number of rotatable bonds is 68. The van der Waals surface area contributed by atoms with Gasteiger partial charge in [-0.15, -0.1) is 0 Å². The third-order valence-electron chi connectivity index (χ3n) is 18.2. The second-order valence-corrected chi connectivity index (χ2v) is 62.3. The first-order valence-corrected chi connectivity index (χ1v) is 64.2. The zero-order valence-corrected chi connectivity index (χ0v) is 93.8. The SMILES string of the molecule is C.C=C(C)C(=O)O.C=C(C)C(=O)O/C(=C/O)COCCC[Si](C)(OC(C)C)O[Si](C)(CCCOC/C(=C\O)OC(=O)C(=C)C)O[Si](C)(CCCOC/C(=C\O)OC(=O)C(=C)C)O[Si](C)(CCCOC/C(=C\O)OC(=O)C(C)CSCCS(=O)(=O)O)C(C)C.C=C(C)C(=O)O/C(=C\O)COCCC[Si](C)(OC(C)C)C(C)C.CCO[Si](C)(C)CCCOCC1CO1.O=S(=O)([O-])CCS.[Na+]. The predicted molar refractivity (Wildman–Crippen MR) is 528 cm³/mol. The summed E-state index contributed by atoms with van der Waals surface area (Å²) in [5, 5.41) is 56.0. The molecule has 770 valence electrons. The molecule has 133 heavy (non-hydrogen) atoms. The minimum atomic E-state index is -4.14. The van der Waals surface area contributed by atoms with Gasteiger partial charge in [0.15, 0.2) is 53.7 Å². The minimum absolute atomic E-state index is 0. The number of ether oxygens (including phenoxy) is 12. The van der Waals surface area contributed by atoms with Gasteiger partial charge in [0.1, 0.15) is 70.4 Å². The molecule has 0 saturated carbocycles. The van der Waals surface area contributed by atoms with Crippen molar-refractivity contribution >= 4 is 131 Å². The van der Waals surface area contributed by atoms with Crippen LogP contribution in [0.5, 0.6) is 0 Å². The molecule has 0 bridgehead atoms. The molecule has 0 aromatic heterocycles. The van der Waals surface area contributed by atoms with Crippen LogP contribution in [-0.4, -0.2) is 283 Å². The van der Waals surface area contributed by atoms with Crippen molar-refractivity contribution in [1.29, 1.82) is 0 Å². The van der Waals surface area contributed by atoms with Crippen molar-refractivity contribution in [3.63, 3.8) is 0 Å². The Morgan fingerprint density at radius 2 is 0.789 bits per heavy atom. The normalized spacial score (nSPS) is 15.6. The Balaban J connectivity index is -0.000000617. The van der Waals surface area contributed by atoms with E-state index in [4.69, 9.17) is 97.2 Å². The number of aliphatic hydroxyl groups excluding tert-OH is 5. The summed E-state index contributed by atoms with van der Waals surface area (Å²) in [7, 11) is -24.1. The molecule has 1 fully saturated rings. The quantitative estimate of drug-likeness (QED) is 0.00323. The number of thiol groups is 1. The van der Waals surface area contributed by atoms with Crippen LogP contribution < -0.4 is 29.6 Å². The molecule has 0 spiro atoms. The molecule has 0 amide bonds. The van der Waals surface area contributed by atoms with E-state index in [1.54, 1.807) is 13.8 Å². The molecular weight excluding hydrogens is 1930 g/mol. The molecule has 7 N–H and O–H groups in total. The van der Waals surface area contributed by atoms with Gasteiger partial charge in [-0.3, -0.25) is 9.35 Å². The monoisotopic (exact) mass is 2090 g/mol. The fraction of sp³-hybridized carbons (Fsp3) is 0.698. The van der Waals surface area contributed by atoms with Crippen LogP contribution in [-0.2, 0) is 131 Å². The fourth-order valence-electron chi connectivity index (χ4n) is 10.7. The second-order valence-electron chi connectivity index (χ2n) is 33.5. The van der Waals surface area contributed by atoms with E-state index in [-0.39, 0.29) is 194 Å². The van der Waals surface area contributed by atoms with Gasteiger partial charge in [-0.25, -0.2) is 32.4 Å². The van der Waals surface area contributed by atoms with Gasteiger partial charge in [0.05, 0.1) is 35.0 Å². The number of aliphatic hydroxyl groups is 5. The number of carboxylic acid groups (broad SMARTS) is 1. The minimum Gasteiger partial charge on any atom is -0.748 e. The first-order valence-electron chi connectivity index (χ1n) is 43.2. The molecule has 0 aromatic rings. The number of esters is 5. The topological polar surface area (TPSA) is 505 Å². The van der Waals surface area contributed by atoms with Gasteiger partial charge in [0, 0.05) is 109 Å². The number of carbonyl (C=O) groups is 6. The molecule has 1 heterocycles. The number of epoxide rings is 1. The molecule has 0 radical (unpaired) electrons. The maximum Gasteiger partial charge on any atom is 1.00 e. The molecule has 47 heteroatoms. The van der Waals surface area contributed by atoms with Gasteiger partial charge in [0.2, 0.25) is 0 Å². The Labute approximate surface area is 831 Å². The van der Waals surface area contributed by atoms with Crippen LogP contribution in [0.4, 0.5) is 0 Å². The fourth-order valence-corrected chi connectivity index (χ4v) is 39.2. The summed E-state index contributed by atoms with van der Waals surface area (Å²) in [5.74, 6) is -5.76. The first kappa shape index (κ1) is 139. The third-order valence-corrected chi connectivity index (χ3v) is 48.1. The van der Waals surface area contributed by atoms with Crippen LogP contribution >= 0.6 is 24.4 Å². The predicted octanol–water partition coefficient (Wildman–Crippen LogP) is 14.1. The maximum atomic E-state index is 12.7. The van der Waals surface area contributed by atoms with E-state index in [1.807, 2.05) is 33.5 Å². The number of carbonyl (C=O) groups excluding carboxylic acids is 5. The molecule has 1 aliphatic heterocycles. The van der Waals surface area contributed by atoms with Crippen molar-refractivity contribution in [3.05, 3.63) is 121 Å². The number of hydrogen-bond donors (Lipinski definition) is 8. The van der Waals surface area contributed by atoms with Crippen molar-refractivity contribution in [2.24, 2.45) is 5.92 Å². The Bertz CT molecular complexity index is 3820. The van der Waals surface area contributed by atoms with Crippen molar-refractivity contribution in [2.45, 2.75) is 261 Å². The van der Waals surface area contributed by atoms with Crippen molar-refractivity contribution in [1.82, 2.24) is 0 Å².